The molecule has 2 heterocycles. The van der Waals surface area contributed by atoms with Crippen molar-refractivity contribution in [2.24, 2.45) is 12.8 Å². The number of likely N-dealkylation sites (tertiary alicyclic amines) is 1. The molecule has 0 spiro atoms. The standard InChI is InChI=1S/C14H17N3O3/c1-16-11-3-2-10(8-12(11)20-14(16)19)9-4-6-17(7-5-9)13(15)18/h2-3,8-9H,4-7H2,1H3,(H2,15,18). The summed E-state index contributed by atoms with van der Waals surface area (Å²) in [4.78, 5) is 24.3. The van der Waals surface area contributed by atoms with E-state index in [9.17, 15) is 9.59 Å². The van der Waals surface area contributed by atoms with Crippen molar-refractivity contribution >= 4 is 17.1 Å². The highest BCUT2D eigenvalue weighted by Crippen LogP contribution is 2.29. The summed E-state index contributed by atoms with van der Waals surface area (Å²) in [6.45, 7) is 1.35. The van der Waals surface area contributed by atoms with Gasteiger partial charge in [-0.05, 0) is 36.5 Å². The topological polar surface area (TPSA) is 81.5 Å². The maximum absolute atomic E-state index is 11.5. The van der Waals surface area contributed by atoms with E-state index in [2.05, 4.69) is 0 Å². The van der Waals surface area contributed by atoms with E-state index in [1.54, 1.807) is 11.9 Å². The van der Waals surface area contributed by atoms with E-state index in [1.165, 1.54) is 4.57 Å². The fourth-order valence-corrected chi connectivity index (χ4v) is 2.84. The van der Waals surface area contributed by atoms with Gasteiger partial charge in [0.2, 0.25) is 0 Å². The highest BCUT2D eigenvalue weighted by atomic mass is 16.4. The molecular formula is C14H17N3O3. The van der Waals surface area contributed by atoms with Crippen LogP contribution in [0.4, 0.5) is 4.79 Å². The second kappa shape index (κ2) is 4.70. The van der Waals surface area contributed by atoms with Crippen LogP contribution in [0, 0.1) is 0 Å². The Balaban J connectivity index is 1.85. The number of carbonyl (C=O) groups excluding carboxylic acids is 1. The van der Waals surface area contributed by atoms with Gasteiger partial charge >= 0.3 is 11.8 Å². The van der Waals surface area contributed by atoms with E-state index in [4.69, 9.17) is 10.2 Å². The minimum absolute atomic E-state index is 0.347. The van der Waals surface area contributed by atoms with E-state index < -0.39 is 0 Å². The molecule has 2 aromatic rings. The van der Waals surface area contributed by atoms with Crippen LogP contribution in [-0.2, 0) is 7.05 Å². The predicted octanol–water partition coefficient (Wildman–Crippen LogP) is 1.39. The van der Waals surface area contributed by atoms with Crippen LogP contribution in [0.2, 0.25) is 0 Å². The largest absolute Gasteiger partial charge is 0.419 e. The first-order chi connectivity index (χ1) is 9.56. The minimum Gasteiger partial charge on any atom is -0.408 e. The van der Waals surface area contributed by atoms with Crippen molar-refractivity contribution in [3.8, 4) is 0 Å². The van der Waals surface area contributed by atoms with Gasteiger partial charge in [-0.25, -0.2) is 9.59 Å². The van der Waals surface area contributed by atoms with Crippen LogP contribution in [0.25, 0.3) is 11.1 Å². The maximum atomic E-state index is 11.5. The summed E-state index contributed by atoms with van der Waals surface area (Å²) >= 11 is 0. The first kappa shape index (κ1) is 12.8. The highest BCUT2D eigenvalue weighted by molar-refractivity contribution is 5.74. The van der Waals surface area contributed by atoms with Crippen LogP contribution >= 0.6 is 0 Å². The number of oxazole rings is 1. The van der Waals surface area contributed by atoms with Crippen LogP contribution < -0.4 is 11.5 Å². The molecule has 0 unspecified atom stereocenters. The lowest BCUT2D eigenvalue weighted by Gasteiger charge is -2.30. The lowest BCUT2D eigenvalue weighted by atomic mass is 9.89. The van der Waals surface area contributed by atoms with Crippen molar-refractivity contribution < 1.29 is 9.21 Å². The zero-order valence-corrected chi connectivity index (χ0v) is 11.3. The van der Waals surface area contributed by atoms with Crippen molar-refractivity contribution in [2.45, 2.75) is 18.8 Å². The molecule has 1 fully saturated rings. The Labute approximate surface area is 115 Å². The summed E-state index contributed by atoms with van der Waals surface area (Å²) < 4.78 is 6.71. The van der Waals surface area contributed by atoms with E-state index in [0.29, 0.717) is 24.6 Å². The number of carbonyl (C=O) groups is 1. The second-order valence-corrected chi connectivity index (χ2v) is 5.25. The van der Waals surface area contributed by atoms with Gasteiger partial charge in [0, 0.05) is 20.1 Å². The molecule has 20 heavy (non-hydrogen) atoms. The molecule has 6 heteroatoms. The van der Waals surface area contributed by atoms with Crippen molar-refractivity contribution in [3.05, 3.63) is 34.3 Å². The molecule has 0 bridgehead atoms. The number of rotatable bonds is 1. The zero-order valence-electron chi connectivity index (χ0n) is 11.3. The number of fused-ring (bicyclic) bond motifs is 1. The van der Waals surface area contributed by atoms with Gasteiger partial charge in [-0.1, -0.05) is 6.07 Å². The summed E-state index contributed by atoms with van der Waals surface area (Å²) in [5, 5.41) is 0. The van der Waals surface area contributed by atoms with Gasteiger partial charge in [0.15, 0.2) is 5.58 Å². The number of hydrogen-bond donors (Lipinski definition) is 1. The van der Waals surface area contributed by atoms with Crippen molar-refractivity contribution in [1.29, 1.82) is 0 Å². The minimum atomic E-state index is -0.354. The fourth-order valence-electron chi connectivity index (χ4n) is 2.84. The summed E-state index contributed by atoms with van der Waals surface area (Å²) in [7, 11) is 1.69. The number of aryl methyl sites for hydroxylation is 1. The number of nitrogens with zero attached hydrogens (tertiary/aromatic N) is 2. The molecule has 1 aromatic heterocycles. The summed E-state index contributed by atoms with van der Waals surface area (Å²) in [5.41, 5.74) is 7.85. The number of amides is 2. The maximum Gasteiger partial charge on any atom is 0.419 e. The van der Waals surface area contributed by atoms with E-state index in [1.807, 2.05) is 18.2 Å². The predicted molar refractivity (Wildman–Crippen MR) is 74.6 cm³/mol. The van der Waals surface area contributed by atoms with E-state index in [0.717, 1.165) is 23.9 Å². The van der Waals surface area contributed by atoms with Gasteiger partial charge in [0.05, 0.1) is 5.52 Å². The molecule has 0 atom stereocenters. The third-order valence-electron chi connectivity index (χ3n) is 4.09. The van der Waals surface area contributed by atoms with Crippen LogP contribution in [0.5, 0.6) is 0 Å². The van der Waals surface area contributed by atoms with Crippen LogP contribution in [0.15, 0.2) is 27.4 Å². The van der Waals surface area contributed by atoms with Gasteiger partial charge in [-0.2, -0.15) is 0 Å². The monoisotopic (exact) mass is 275 g/mol. The Morgan fingerprint density at radius 1 is 1.35 bits per heavy atom. The highest BCUT2D eigenvalue weighted by Gasteiger charge is 2.23. The van der Waals surface area contributed by atoms with E-state index in [-0.39, 0.29) is 11.8 Å². The Bertz CT molecular complexity index is 708. The van der Waals surface area contributed by atoms with Gasteiger partial charge in [-0.3, -0.25) is 4.57 Å². The number of aromatic nitrogens is 1. The number of urea groups is 1. The first-order valence-corrected chi connectivity index (χ1v) is 6.70. The lowest BCUT2D eigenvalue weighted by molar-refractivity contribution is 0.190. The molecular weight excluding hydrogens is 258 g/mol. The van der Waals surface area contributed by atoms with Crippen molar-refractivity contribution in [3.63, 3.8) is 0 Å². The van der Waals surface area contributed by atoms with Crippen LogP contribution in [-0.4, -0.2) is 28.6 Å². The molecule has 1 aliphatic heterocycles. The average Bonchev–Trinajstić information content (AvgIpc) is 2.74. The van der Waals surface area contributed by atoms with Gasteiger partial charge in [0.1, 0.15) is 0 Å². The number of piperidine rings is 1. The first-order valence-electron chi connectivity index (χ1n) is 6.70. The molecule has 2 amide bonds. The van der Waals surface area contributed by atoms with Crippen molar-refractivity contribution in [2.75, 3.05) is 13.1 Å². The fraction of sp³-hybridized carbons (Fsp3) is 0.429. The SMILES string of the molecule is Cn1c(=O)oc2cc(C3CCN(C(N)=O)CC3)ccc21. The molecule has 3 rings (SSSR count). The smallest absolute Gasteiger partial charge is 0.408 e. The molecule has 0 radical (unpaired) electrons. The number of hydrogen-bond acceptors (Lipinski definition) is 3. The molecule has 106 valence electrons. The normalized spacial score (nSPS) is 16.8. The van der Waals surface area contributed by atoms with Gasteiger partial charge in [0.25, 0.3) is 0 Å². The molecule has 2 N–H and O–H groups in total. The summed E-state index contributed by atoms with van der Waals surface area (Å²) in [6.07, 6.45) is 1.76. The Morgan fingerprint density at radius 3 is 2.70 bits per heavy atom. The third kappa shape index (κ3) is 2.07. The molecule has 0 saturated carbocycles. The van der Waals surface area contributed by atoms with E-state index >= 15 is 0 Å². The summed E-state index contributed by atoms with van der Waals surface area (Å²) in [6, 6.07) is 5.52. The zero-order chi connectivity index (χ0) is 14.3. The van der Waals surface area contributed by atoms with Crippen molar-refractivity contribution in [1.82, 2.24) is 9.47 Å². The second-order valence-electron chi connectivity index (χ2n) is 5.25. The Kier molecular flexibility index (Phi) is 3.00. The quantitative estimate of drug-likeness (QED) is 0.853. The molecule has 1 aliphatic rings. The number of primary amides is 1. The Hall–Kier alpha value is -2.24. The van der Waals surface area contributed by atoms with Crippen LogP contribution in [0.3, 0.4) is 0 Å². The molecule has 1 saturated heterocycles. The van der Waals surface area contributed by atoms with Gasteiger partial charge in [-0.15, -0.1) is 0 Å². The molecule has 0 aliphatic carbocycles. The lowest BCUT2D eigenvalue weighted by Crippen LogP contribution is -2.41. The third-order valence-corrected chi connectivity index (χ3v) is 4.09. The Morgan fingerprint density at radius 2 is 2.05 bits per heavy atom. The number of benzene rings is 1. The van der Waals surface area contributed by atoms with Crippen LogP contribution in [0.1, 0.15) is 24.3 Å². The van der Waals surface area contributed by atoms with Gasteiger partial charge < -0.3 is 15.1 Å². The molecule has 6 nitrogen and oxygen atoms in total. The average molecular weight is 275 g/mol. The summed E-state index contributed by atoms with van der Waals surface area (Å²) in [5.74, 6) is 0.0289. The molecule has 1 aromatic carbocycles. The number of nitrogens with two attached hydrogens (primary N) is 1.